The summed E-state index contributed by atoms with van der Waals surface area (Å²) in [6.07, 6.45) is 3.98. The maximum atomic E-state index is 16.2. The summed E-state index contributed by atoms with van der Waals surface area (Å²) in [4.78, 5) is 20.5. The molecule has 6 aromatic rings. The van der Waals surface area contributed by atoms with Gasteiger partial charge in [0.15, 0.2) is 5.78 Å². The zero-order valence-corrected chi connectivity index (χ0v) is 31.5. The second-order valence-corrected chi connectivity index (χ2v) is 15.3. The number of aliphatic hydroxyl groups is 1. The third-order valence-corrected chi connectivity index (χ3v) is 8.85. The normalized spacial score (nSPS) is 14.1. The van der Waals surface area contributed by atoms with Crippen molar-refractivity contribution in [2.75, 3.05) is 0 Å². The van der Waals surface area contributed by atoms with E-state index in [2.05, 4.69) is 54.1 Å². The predicted molar refractivity (Wildman–Crippen MR) is 192 cm³/mol. The van der Waals surface area contributed by atoms with Crippen LogP contribution < -0.4 is 0 Å². The van der Waals surface area contributed by atoms with Gasteiger partial charge >= 0.3 is 0 Å². The van der Waals surface area contributed by atoms with E-state index in [-0.39, 0.29) is 53.9 Å². The van der Waals surface area contributed by atoms with Gasteiger partial charge < -0.3 is 10.1 Å². The molecule has 2 aromatic heterocycles. The zero-order valence-electron chi connectivity index (χ0n) is 29.1. The van der Waals surface area contributed by atoms with Crippen molar-refractivity contribution in [2.45, 2.75) is 67.7 Å². The standard InChI is InChI=1S/C31H21F2N2.C11H20O2.Ir/c1-17(2)13-18-7-8-19-9-10-21-22-11-12-34-29-25-15-20-5-3-4-6-27(20)35-30(25)31(32,33)26(28(22)29)16-24(21)23(19)14-18;1-10(2,3)8(12)7-9(13)11(4,5)6;/h3-12,14,16-17H,13H2,1-2H3;7,12H,1-6H3;/q-1;;/b;8-7-;. The van der Waals surface area contributed by atoms with Crippen LogP contribution in [-0.4, -0.2) is 20.9 Å². The van der Waals surface area contributed by atoms with Crippen LogP contribution in [0.1, 0.15) is 72.2 Å². The number of rotatable bonds is 3. The molecule has 4 nitrogen and oxygen atoms in total. The largest absolute Gasteiger partial charge is 0.512 e. The molecule has 0 bridgehead atoms. The molecular formula is C42H41F2IrN2O2-. The number of hydrogen-bond donors (Lipinski definition) is 1. The van der Waals surface area contributed by atoms with Gasteiger partial charge in [0.2, 0.25) is 0 Å². The minimum atomic E-state index is -3.27. The number of pyridine rings is 2. The van der Waals surface area contributed by atoms with E-state index < -0.39 is 11.3 Å². The van der Waals surface area contributed by atoms with Crippen molar-refractivity contribution in [3.63, 3.8) is 0 Å². The fourth-order valence-corrected chi connectivity index (χ4v) is 6.12. The molecule has 0 atom stereocenters. The van der Waals surface area contributed by atoms with Crippen LogP contribution in [0.3, 0.4) is 0 Å². The van der Waals surface area contributed by atoms with Crippen molar-refractivity contribution in [1.29, 1.82) is 0 Å². The van der Waals surface area contributed by atoms with Crippen LogP contribution in [0.25, 0.3) is 54.5 Å². The summed E-state index contributed by atoms with van der Waals surface area (Å²) in [6, 6.07) is 24.5. The Bertz CT molecular complexity index is 2280. The number of allylic oxidation sites excluding steroid dienone is 2. The van der Waals surface area contributed by atoms with Gasteiger partial charge in [-0.1, -0.05) is 115 Å². The first-order valence-electron chi connectivity index (χ1n) is 16.4. The van der Waals surface area contributed by atoms with Gasteiger partial charge in [-0.3, -0.25) is 9.78 Å². The predicted octanol–water partition coefficient (Wildman–Crippen LogP) is 11.3. The van der Waals surface area contributed by atoms with Crippen molar-refractivity contribution in [2.24, 2.45) is 16.7 Å². The number of aliphatic hydroxyl groups excluding tert-OH is 1. The Labute approximate surface area is 300 Å². The van der Waals surface area contributed by atoms with Crippen LogP contribution >= 0.6 is 0 Å². The number of nitrogens with zero attached hydrogens (tertiary/aromatic N) is 2. The third-order valence-electron chi connectivity index (χ3n) is 8.85. The summed E-state index contributed by atoms with van der Waals surface area (Å²) >= 11 is 0. The number of halogens is 2. The summed E-state index contributed by atoms with van der Waals surface area (Å²) in [7, 11) is 0. The molecule has 0 fully saturated rings. The van der Waals surface area contributed by atoms with Gasteiger partial charge in [-0.2, -0.15) is 0 Å². The average Bonchev–Trinajstić information content (AvgIpc) is 3.01. The fraction of sp³-hybridized carbons (Fsp3) is 0.310. The zero-order chi connectivity index (χ0) is 34.8. The number of para-hydroxylation sites is 1. The van der Waals surface area contributed by atoms with Crippen LogP contribution in [0, 0.1) is 22.8 Å². The summed E-state index contributed by atoms with van der Waals surface area (Å²) in [6.45, 7) is 15.5. The molecule has 7 heteroatoms. The topological polar surface area (TPSA) is 63.1 Å². The van der Waals surface area contributed by atoms with E-state index in [9.17, 15) is 9.90 Å². The SMILES string of the molecule is CC(C)(C)C(=O)/C=C(\O)C(C)(C)C.CC(C)Cc1ccc2ccc3c4ccnc5c4c(cc3c2c1)C(F)(F)c1nc2ccccc2[c-]c1-5.[Ir]. The van der Waals surface area contributed by atoms with E-state index in [1.807, 2.05) is 65.8 Å². The molecule has 1 aliphatic rings. The first-order valence-corrected chi connectivity index (χ1v) is 16.4. The first kappa shape index (κ1) is 36.2. The number of benzene rings is 4. The van der Waals surface area contributed by atoms with Gasteiger partial charge in [-0.15, -0.1) is 12.1 Å². The van der Waals surface area contributed by atoms with Crippen LogP contribution in [0.5, 0.6) is 0 Å². The smallest absolute Gasteiger partial charge is 0.289 e. The van der Waals surface area contributed by atoms with E-state index in [0.29, 0.717) is 27.9 Å². The van der Waals surface area contributed by atoms with Crippen molar-refractivity contribution < 1.29 is 38.8 Å². The van der Waals surface area contributed by atoms with E-state index in [1.54, 1.807) is 24.4 Å². The van der Waals surface area contributed by atoms with E-state index in [1.165, 1.54) is 11.6 Å². The quantitative estimate of drug-likeness (QED) is 0.0835. The van der Waals surface area contributed by atoms with E-state index in [0.717, 1.165) is 33.4 Å². The molecule has 2 heterocycles. The van der Waals surface area contributed by atoms with Gasteiger partial charge in [-0.25, -0.2) is 8.78 Å². The molecule has 49 heavy (non-hydrogen) atoms. The Morgan fingerprint density at radius 3 is 2.27 bits per heavy atom. The first-order chi connectivity index (χ1) is 22.5. The van der Waals surface area contributed by atoms with Crippen LogP contribution in [0.2, 0.25) is 0 Å². The number of alkyl halides is 2. The molecule has 0 saturated heterocycles. The van der Waals surface area contributed by atoms with Gasteiger partial charge in [0.1, 0.15) is 5.76 Å². The summed E-state index contributed by atoms with van der Waals surface area (Å²) in [5.74, 6) is -2.65. The van der Waals surface area contributed by atoms with Crippen molar-refractivity contribution >= 4 is 49.0 Å². The van der Waals surface area contributed by atoms with Gasteiger partial charge in [0.05, 0.1) is 0 Å². The number of carbonyl (C=O) groups excluding carboxylic acids is 1. The minimum absolute atomic E-state index is 0. The molecule has 4 aromatic carbocycles. The van der Waals surface area contributed by atoms with Crippen LogP contribution in [-0.2, 0) is 37.2 Å². The summed E-state index contributed by atoms with van der Waals surface area (Å²) in [5, 5.41) is 15.4. The van der Waals surface area contributed by atoms with Crippen molar-refractivity contribution in [3.8, 4) is 11.3 Å². The number of aromatic nitrogens is 2. The van der Waals surface area contributed by atoms with Crippen LogP contribution in [0.15, 0.2) is 84.8 Å². The number of carbonyl (C=O) groups is 1. The molecule has 7 rings (SSSR count). The van der Waals surface area contributed by atoms with Crippen molar-refractivity contribution in [3.05, 3.63) is 108 Å². The van der Waals surface area contributed by atoms with Gasteiger partial charge in [-0.05, 0) is 67.9 Å². The fourth-order valence-electron chi connectivity index (χ4n) is 6.12. The maximum absolute atomic E-state index is 16.2. The molecule has 0 unspecified atom stereocenters. The minimum Gasteiger partial charge on any atom is -0.512 e. The maximum Gasteiger partial charge on any atom is 0.289 e. The van der Waals surface area contributed by atoms with E-state index >= 15 is 8.78 Å². The number of fused-ring (bicyclic) bond motifs is 7. The Hall–Kier alpha value is -4.06. The Balaban J connectivity index is 0.000000288. The second-order valence-electron chi connectivity index (χ2n) is 15.3. The second kappa shape index (κ2) is 13.0. The summed E-state index contributed by atoms with van der Waals surface area (Å²) < 4.78 is 32.5. The van der Waals surface area contributed by atoms with Crippen molar-refractivity contribution in [1.82, 2.24) is 9.97 Å². The molecule has 0 aliphatic heterocycles. The molecular weight excluding hydrogens is 795 g/mol. The Morgan fingerprint density at radius 1 is 0.898 bits per heavy atom. The molecule has 1 aliphatic carbocycles. The monoisotopic (exact) mass is 836 g/mol. The number of ketones is 1. The molecule has 0 amide bonds. The Morgan fingerprint density at radius 2 is 1.59 bits per heavy atom. The number of hydrogen-bond acceptors (Lipinski definition) is 4. The van der Waals surface area contributed by atoms with Gasteiger partial charge in [0, 0.05) is 60.2 Å². The molecule has 1 N–H and O–H groups in total. The van der Waals surface area contributed by atoms with Crippen LogP contribution in [0.4, 0.5) is 8.78 Å². The van der Waals surface area contributed by atoms with E-state index in [4.69, 9.17) is 0 Å². The molecule has 0 saturated carbocycles. The average molecular weight is 836 g/mol. The summed E-state index contributed by atoms with van der Waals surface area (Å²) in [5.41, 5.74) is 1.45. The molecule has 1 radical (unpaired) electrons. The molecule has 255 valence electrons. The third kappa shape index (κ3) is 6.76. The van der Waals surface area contributed by atoms with Gasteiger partial charge in [0.25, 0.3) is 5.92 Å². The Kier molecular flexibility index (Phi) is 9.61. The molecule has 0 spiro atoms.